The lowest BCUT2D eigenvalue weighted by molar-refractivity contribution is -0.385. The van der Waals surface area contributed by atoms with Crippen molar-refractivity contribution in [1.82, 2.24) is 4.90 Å². The molecule has 2 aromatic carbocycles. The van der Waals surface area contributed by atoms with E-state index in [1.54, 1.807) is 12.1 Å². The summed E-state index contributed by atoms with van der Waals surface area (Å²) in [6.45, 7) is 0.716. The number of nitro benzene ring substituents is 1. The van der Waals surface area contributed by atoms with E-state index in [1.165, 1.54) is 11.6 Å². The van der Waals surface area contributed by atoms with E-state index in [9.17, 15) is 10.1 Å². The fraction of sp³-hybridized carbons (Fsp3) is 0.0526. The van der Waals surface area contributed by atoms with E-state index < -0.39 is 0 Å². The fourth-order valence-electron chi connectivity index (χ4n) is 2.48. The Kier molecular flexibility index (Phi) is 4.34. The minimum atomic E-state index is -0.351. The smallest absolute Gasteiger partial charge is 0.276 e. The molecule has 1 heterocycles. The fourth-order valence-corrected chi connectivity index (χ4v) is 2.48. The minimum absolute atomic E-state index is 0.114. The Hall–Kier alpha value is -3.14. The molecule has 0 saturated carbocycles. The first kappa shape index (κ1) is 14.8. The van der Waals surface area contributed by atoms with Crippen molar-refractivity contribution in [2.45, 2.75) is 6.54 Å². The van der Waals surface area contributed by atoms with Gasteiger partial charge in [-0.15, -0.1) is 0 Å². The van der Waals surface area contributed by atoms with Gasteiger partial charge < -0.3 is 4.90 Å². The van der Waals surface area contributed by atoms with Crippen LogP contribution in [0.1, 0.15) is 11.1 Å². The van der Waals surface area contributed by atoms with Gasteiger partial charge in [-0.2, -0.15) is 0 Å². The maximum absolute atomic E-state index is 11.2. The largest absolute Gasteiger partial charge is 0.344 e. The Bertz CT molecular complexity index is 792. The SMILES string of the molecule is O=[N+]([O-])c1ccccc1/C=C1\C=CC=CN1Cc1ccccc1. The summed E-state index contributed by atoms with van der Waals surface area (Å²) in [6, 6.07) is 16.9. The monoisotopic (exact) mass is 304 g/mol. The Morgan fingerprint density at radius 1 is 1.00 bits per heavy atom. The van der Waals surface area contributed by atoms with E-state index in [-0.39, 0.29) is 10.6 Å². The van der Waals surface area contributed by atoms with Gasteiger partial charge in [0.15, 0.2) is 0 Å². The third-order valence-corrected chi connectivity index (χ3v) is 3.61. The topological polar surface area (TPSA) is 46.4 Å². The molecule has 1 aliphatic heterocycles. The highest BCUT2D eigenvalue weighted by atomic mass is 16.6. The summed E-state index contributed by atoms with van der Waals surface area (Å²) < 4.78 is 0. The average molecular weight is 304 g/mol. The van der Waals surface area contributed by atoms with Crippen molar-refractivity contribution in [1.29, 1.82) is 0 Å². The lowest BCUT2D eigenvalue weighted by Gasteiger charge is -2.24. The molecule has 0 spiro atoms. The van der Waals surface area contributed by atoms with Crippen LogP contribution in [0.15, 0.2) is 84.7 Å². The Balaban J connectivity index is 1.92. The molecule has 0 radical (unpaired) electrons. The van der Waals surface area contributed by atoms with Gasteiger partial charge in [-0.1, -0.05) is 48.5 Å². The third-order valence-electron chi connectivity index (χ3n) is 3.61. The van der Waals surface area contributed by atoms with Crippen LogP contribution in [-0.2, 0) is 6.54 Å². The standard InChI is InChI=1S/C19H16N2O2/c22-21(23)19-12-5-4-10-17(19)14-18-11-6-7-13-20(18)15-16-8-2-1-3-9-16/h1-14H,15H2/b18-14+. The van der Waals surface area contributed by atoms with Gasteiger partial charge in [-0.05, 0) is 29.9 Å². The summed E-state index contributed by atoms with van der Waals surface area (Å²) in [5.41, 5.74) is 2.82. The maximum atomic E-state index is 11.2. The first-order valence-corrected chi connectivity index (χ1v) is 7.34. The van der Waals surface area contributed by atoms with Crippen molar-refractivity contribution in [3.63, 3.8) is 0 Å². The molecule has 0 saturated heterocycles. The van der Waals surface area contributed by atoms with Crippen LogP contribution in [0.3, 0.4) is 0 Å². The molecule has 0 bridgehead atoms. The van der Waals surface area contributed by atoms with Gasteiger partial charge >= 0.3 is 0 Å². The molecule has 0 unspecified atom stereocenters. The Morgan fingerprint density at radius 2 is 1.74 bits per heavy atom. The highest BCUT2D eigenvalue weighted by molar-refractivity contribution is 5.65. The molecule has 0 aromatic heterocycles. The van der Waals surface area contributed by atoms with Crippen LogP contribution >= 0.6 is 0 Å². The van der Waals surface area contributed by atoms with Crippen molar-refractivity contribution in [3.8, 4) is 0 Å². The van der Waals surface area contributed by atoms with Crippen molar-refractivity contribution in [3.05, 3.63) is 106 Å². The number of nitrogens with zero attached hydrogens (tertiary/aromatic N) is 2. The molecule has 1 aliphatic rings. The summed E-state index contributed by atoms with van der Waals surface area (Å²) in [6.07, 6.45) is 9.68. The summed E-state index contributed by atoms with van der Waals surface area (Å²) in [5, 5.41) is 11.2. The molecule has 0 aliphatic carbocycles. The predicted molar refractivity (Wildman–Crippen MR) is 91.3 cm³/mol. The minimum Gasteiger partial charge on any atom is -0.344 e. The highest BCUT2D eigenvalue weighted by Crippen LogP contribution is 2.24. The van der Waals surface area contributed by atoms with Crippen LogP contribution in [0.4, 0.5) is 5.69 Å². The molecular weight excluding hydrogens is 288 g/mol. The zero-order valence-corrected chi connectivity index (χ0v) is 12.5. The van der Waals surface area contributed by atoms with E-state index in [0.717, 1.165) is 5.70 Å². The Morgan fingerprint density at radius 3 is 2.52 bits per heavy atom. The van der Waals surface area contributed by atoms with Gasteiger partial charge in [-0.25, -0.2) is 0 Å². The number of allylic oxidation sites excluding steroid dienone is 3. The van der Waals surface area contributed by atoms with E-state index >= 15 is 0 Å². The highest BCUT2D eigenvalue weighted by Gasteiger charge is 2.13. The molecule has 0 atom stereocenters. The first-order chi connectivity index (χ1) is 11.2. The van der Waals surface area contributed by atoms with Crippen LogP contribution < -0.4 is 0 Å². The van der Waals surface area contributed by atoms with Gasteiger partial charge in [0.25, 0.3) is 5.69 Å². The van der Waals surface area contributed by atoms with Crippen LogP contribution in [-0.4, -0.2) is 9.82 Å². The summed E-state index contributed by atoms with van der Waals surface area (Å²) >= 11 is 0. The quantitative estimate of drug-likeness (QED) is 0.616. The molecule has 0 amide bonds. The number of benzene rings is 2. The van der Waals surface area contributed by atoms with Crippen molar-refractivity contribution in [2.75, 3.05) is 0 Å². The van der Waals surface area contributed by atoms with Crippen LogP contribution in [0.5, 0.6) is 0 Å². The molecule has 4 nitrogen and oxygen atoms in total. The Labute approximate surface area is 134 Å². The molecule has 23 heavy (non-hydrogen) atoms. The van der Waals surface area contributed by atoms with Gasteiger partial charge in [0, 0.05) is 24.5 Å². The maximum Gasteiger partial charge on any atom is 0.276 e. The van der Waals surface area contributed by atoms with E-state index in [4.69, 9.17) is 0 Å². The number of nitro groups is 1. The van der Waals surface area contributed by atoms with E-state index in [0.29, 0.717) is 12.1 Å². The van der Waals surface area contributed by atoms with E-state index in [1.807, 2.05) is 54.8 Å². The van der Waals surface area contributed by atoms with Gasteiger partial charge in [0.1, 0.15) is 0 Å². The number of rotatable bonds is 4. The zero-order chi connectivity index (χ0) is 16.1. The van der Waals surface area contributed by atoms with Gasteiger partial charge in [-0.3, -0.25) is 10.1 Å². The number of hydrogen-bond donors (Lipinski definition) is 0. The van der Waals surface area contributed by atoms with Crippen molar-refractivity contribution >= 4 is 11.8 Å². The molecular formula is C19H16N2O2. The molecule has 114 valence electrons. The van der Waals surface area contributed by atoms with Crippen LogP contribution in [0, 0.1) is 10.1 Å². The second kappa shape index (κ2) is 6.75. The molecule has 3 rings (SSSR count). The normalized spacial score (nSPS) is 15.1. The number of hydrogen-bond acceptors (Lipinski definition) is 3. The first-order valence-electron chi connectivity index (χ1n) is 7.34. The summed E-state index contributed by atoms with van der Waals surface area (Å²) in [5.74, 6) is 0. The van der Waals surface area contributed by atoms with Crippen molar-refractivity contribution < 1.29 is 4.92 Å². The summed E-state index contributed by atoms with van der Waals surface area (Å²) in [7, 11) is 0. The van der Waals surface area contributed by atoms with E-state index in [2.05, 4.69) is 17.0 Å². The van der Waals surface area contributed by atoms with Crippen LogP contribution in [0.25, 0.3) is 6.08 Å². The molecule has 0 fully saturated rings. The van der Waals surface area contributed by atoms with Crippen LogP contribution in [0.2, 0.25) is 0 Å². The number of para-hydroxylation sites is 1. The third kappa shape index (κ3) is 3.55. The van der Waals surface area contributed by atoms with Crippen molar-refractivity contribution in [2.24, 2.45) is 0 Å². The van der Waals surface area contributed by atoms with Gasteiger partial charge in [0.05, 0.1) is 10.5 Å². The second-order valence-corrected chi connectivity index (χ2v) is 5.20. The predicted octanol–water partition coefficient (Wildman–Crippen LogP) is 4.52. The lowest BCUT2D eigenvalue weighted by atomic mass is 10.1. The summed E-state index contributed by atoms with van der Waals surface area (Å²) in [4.78, 5) is 12.9. The lowest BCUT2D eigenvalue weighted by Crippen LogP contribution is -2.16. The van der Waals surface area contributed by atoms with Gasteiger partial charge in [0.2, 0.25) is 0 Å². The molecule has 2 aromatic rings. The molecule has 4 heteroatoms. The average Bonchev–Trinajstić information content (AvgIpc) is 2.58. The molecule has 0 N–H and O–H groups in total. The second-order valence-electron chi connectivity index (χ2n) is 5.20. The zero-order valence-electron chi connectivity index (χ0n) is 12.5.